The molecule has 10 heteroatoms. The van der Waals surface area contributed by atoms with E-state index >= 15 is 0 Å². The minimum absolute atomic E-state index is 0.00899. The molecule has 0 unspecified atom stereocenters. The van der Waals surface area contributed by atoms with Gasteiger partial charge < -0.3 is 10.1 Å². The van der Waals surface area contributed by atoms with Gasteiger partial charge in [-0.15, -0.1) is 0 Å². The Labute approximate surface area is 176 Å². The third-order valence-corrected chi connectivity index (χ3v) is 5.14. The maximum absolute atomic E-state index is 13.1. The molecule has 0 bridgehead atoms. The van der Waals surface area contributed by atoms with Crippen LogP contribution in [0.2, 0.25) is 10.0 Å². The van der Waals surface area contributed by atoms with E-state index in [2.05, 4.69) is 5.32 Å². The van der Waals surface area contributed by atoms with Crippen molar-refractivity contribution in [1.29, 1.82) is 0 Å². The van der Waals surface area contributed by atoms with E-state index in [4.69, 9.17) is 33.1 Å². The topological polar surface area (TPSA) is 98.5 Å². The lowest BCUT2D eigenvalue weighted by atomic mass is 10.1. The highest BCUT2D eigenvalue weighted by molar-refractivity contribution is 7.89. The second-order valence-electron chi connectivity index (χ2n) is 5.84. The summed E-state index contributed by atoms with van der Waals surface area (Å²) in [6.07, 6.45) is 0. The van der Waals surface area contributed by atoms with E-state index < -0.39 is 21.7 Å². The third kappa shape index (κ3) is 5.24. The predicted octanol–water partition coefficient (Wildman–Crippen LogP) is 4.82. The smallest absolute Gasteiger partial charge is 0.260 e. The Morgan fingerprint density at radius 2 is 1.72 bits per heavy atom. The molecule has 0 aromatic heterocycles. The molecule has 0 fully saturated rings. The number of halogens is 3. The number of ether oxygens (including phenoxy) is 1. The van der Waals surface area contributed by atoms with Gasteiger partial charge in [-0.3, -0.25) is 4.79 Å². The van der Waals surface area contributed by atoms with Crippen LogP contribution in [-0.2, 0) is 10.0 Å². The molecule has 0 spiro atoms. The van der Waals surface area contributed by atoms with E-state index in [1.807, 2.05) is 0 Å². The fraction of sp³-hybridized carbons (Fsp3) is 0. The first-order valence-corrected chi connectivity index (χ1v) is 10.3. The number of benzene rings is 3. The number of amides is 1. The number of hydrogen-bond acceptors (Lipinski definition) is 4. The zero-order valence-electron chi connectivity index (χ0n) is 14.5. The molecule has 29 heavy (non-hydrogen) atoms. The number of nitrogens with two attached hydrogens (primary N) is 1. The van der Waals surface area contributed by atoms with Gasteiger partial charge in [0, 0.05) is 16.8 Å². The molecule has 3 aromatic rings. The van der Waals surface area contributed by atoms with Gasteiger partial charge in [-0.25, -0.2) is 17.9 Å². The fourth-order valence-electron chi connectivity index (χ4n) is 2.42. The summed E-state index contributed by atoms with van der Waals surface area (Å²) in [7, 11) is -3.94. The number of sulfonamides is 1. The van der Waals surface area contributed by atoms with Crippen molar-refractivity contribution in [1.82, 2.24) is 0 Å². The highest BCUT2D eigenvalue weighted by Gasteiger charge is 2.20. The molecular weight excluding hydrogens is 442 g/mol. The van der Waals surface area contributed by atoms with Gasteiger partial charge in [0.15, 0.2) is 0 Å². The first-order chi connectivity index (χ1) is 13.6. The number of nitrogens with one attached hydrogen (secondary N) is 1. The number of carbonyl (C=O) groups excluding carboxylic acids is 1. The molecule has 0 radical (unpaired) electrons. The molecule has 6 nitrogen and oxygen atoms in total. The Morgan fingerprint density at radius 1 is 1.03 bits per heavy atom. The molecule has 150 valence electrons. The molecule has 0 saturated heterocycles. The lowest BCUT2D eigenvalue weighted by molar-refractivity contribution is 0.102. The molecule has 0 atom stereocenters. The zero-order valence-corrected chi connectivity index (χ0v) is 16.9. The second kappa shape index (κ2) is 8.38. The van der Waals surface area contributed by atoms with Crippen molar-refractivity contribution in [3.05, 3.63) is 82.1 Å². The lowest BCUT2D eigenvalue weighted by Gasteiger charge is -2.14. The van der Waals surface area contributed by atoms with Crippen LogP contribution in [-0.4, -0.2) is 14.3 Å². The molecule has 0 aliphatic heterocycles. The SMILES string of the molecule is NS(=O)(=O)c1cccc(NC(=O)c2c(Cl)cc(Cl)cc2Oc2ccc(F)cc2)c1. The Hall–Kier alpha value is -2.65. The van der Waals surface area contributed by atoms with Gasteiger partial charge in [0.2, 0.25) is 10.0 Å². The van der Waals surface area contributed by atoms with Crippen LogP contribution in [0.4, 0.5) is 10.1 Å². The average Bonchev–Trinajstić information content (AvgIpc) is 2.62. The summed E-state index contributed by atoms with van der Waals surface area (Å²) in [4.78, 5) is 12.6. The predicted molar refractivity (Wildman–Crippen MR) is 109 cm³/mol. The van der Waals surface area contributed by atoms with Crippen molar-refractivity contribution >= 4 is 44.8 Å². The summed E-state index contributed by atoms with van der Waals surface area (Å²) in [5.41, 5.74) is 0.140. The first-order valence-electron chi connectivity index (χ1n) is 8.00. The Kier molecular flexibility index (Phi) is 6.09. The summed E-state index contributed by atoms with van der Waals surface area (Å²) in [6, 6.07) is 13.3. The lowest BCUT2D eigenvalue weighted by Crippen LogP contribution is -2.16. The number of carbonyl (C=O) groups is 1. The van der Waals surface area contributed by atoms with Gasteiger partial charge in [-0.2, -0.15) is 0 Å². The standard InChI is InChI=1S/C19H13Cl2FN2O4S/c20-11-8-16(21)18(17(9-11)28-14-6-4-12(22)5-7-14)19(25)24-13-2-1-3-15(10-13)29(23,26)27/h1-10H,(H,24,25)(H2,23,26,27). The van der Waals surface area contributed by atoms with Crippen LogP contribution in [0.25, 0.3) is 0 Å². The highest BCUT2D eigenvalue weighted by atomic mass is 35.5. The van der Waals surface area contributed by atoms with Crippen molar-refractivity contribution in [2.75, 3.05) is 5.32 Å². The molecule has 3 N–H and O–H groups in total. The maximum atomic E-state index is 13.1. The van der Waals surface area contributed by atoms with Crippen LogP contribution in [0.1, 0.15) is 10.4 Å². The molecule has 0 aliphatic carbocycles. The molecule has 0 saturated carbocycles. The summed E-state index contributed by atoms with van der Waals surface area (Å²) < 4.78 is 41.7. The number of hydrogen-bond donors (Lipinski definition) is 2. The Morgan fingerprint density at radius 3 is 2.38 bits per heavy atom. The Balaban J connectivity index is 1.95. The van der Waals surface area contributed by atoms with Crippen molar-refractivity contribution in [2.45, 2.75) is 4.90 Å². The number of primary sulfonamides is 1. The highest BCUT2D eigenvalue weighted by Crippen LogP contribution is 2.34. The van der Waals surface area contributed by atoms with E-state index in [9.17, 15) is 17.6 Å². The third-order valence-electron chi connectivity index (χ3n) is 3.71. The van der Waals surface area contributed by atoms with Crippen LogP contribution < -0.4 is 15.2 Å². The van der Waals surface area contributed by atoms with Gasteiger partial charge in [0.1, 0.15) is 22.9 Å². The van der Waals surface area contributed by atoms with E-state index in [0.717, 1.165) is 0 Å². The van der Waals surface area contributed by atoms with Gasteiger partial charge in [-0.1, -0.05) is 29.3 Å². The van der Waals surface area contributed by atoms with E-state index in [-0.39, 0.29) is 37.7 Å². The molecule has 1 amide bonds. The quantitative estimate of drug-likeness (QED) is 0.576. The van der Waals surface area contributed by atoms with E-state index in [1.165, 1.54) is 60.7 Å². The number of rotatable bonds is 5. The Bertz CT molecular complexity index is 1190. The van der Waals surface area contributed by atoms with Gasteiger partial charge in [-0.05, 0) is 48.5 Å². The van der Waals surface area contributed by atoms with Crippen LogP contribution in [0.15, 0.2) is 65.6 Å². The van der Waals surface area contributed by atoms with Gasteiger partial charge in [0.05, 0.1) is 9.92 Å². The first kappa shape index (κ1) is 21.1. The van der Waals surface area contributed by atoms with Crippen LogP contribution in [0.5, 0.6) is 11.5 Å². The zero-order chi connectivity index (χ0) is 21.2. The molecule has 3 rings (SSSR count). The van der Waals surface area contributed by atoms with Crippen molar-refractivity contribution in [3.63, 3.8) is 0 Å². The van der Waals surface area contributed by atoms with E-state index in [0.29, 0.717) is 0 Å². The maximum Gasteiger partial charge on any atom is 0.260 e. The summed E-state index contributed by atoms with van der Waals surface area (Å²) in [5.74, 6) is -0.825. The van der Waals surface area contributed by atoms with E-state index in [1.54, 1.807) is 0 Å². The second-order valence-corrected chi connectivity index (χ2v) is 8.25. The van der Waals surface area contributed by atoms with Crippen LogP contribution in [0, 0.1) is 5.82 Å². The number of anilines is 1. The van der Waals surface area contributed by atoms with Gasteiger partial charge in [0.25, 0.3) is 5.91 Å². The largest absolute Gasteiger partial charge is 0.456 e. The summed E-state index contributed by atoms with van der Waals surface area (Å²) in [5, 5.41) is 7.88. The minimum Gasteiger partial charge on any atom is -0.456 e. The van der Waals surface area contributed by atoms with Crippen molar-refractivity contribution in [3.8, 4) is 11.5 Å². The molecular formula is C19H13Cl2FN2O4S. The van der Waals surface area contributed by atoms with Crippen molar-refractivity contribution in [2.24, 2.45) is 5.14 Å². The van der Waals surface area contributed by atoms with Crippen LogP contribution >= 0.6 is 23.2 Å². The normalized spacial score (nSPS) is 11.2. The monoisotopic (exact) mass is 454 g/mol. The molecule has 3 aromatic carbocycles. The fourth-order valence-corrected chi connectivity index (χ4v) is 3.54. The minimum atomic E-state index is -3.94. The summed E-state index contributed by atoms with van der Waals surface area (Å²) in [6.45, 7) is 0. The molecule has 0 heterocycles. The average molecular weight is 455 g/mol. The van der Waals surface area contributed by atoms with Crippen molar-refractivity contribution < 1.29 is 22.3 Å². The molecule has 0 aliphatic rings. The summed E-state index contributed by atoms with van der Waals surface area (Å²) >= 11 is 12.2. The van der Waals surface area contributed by atoms with Gasteiger partial charge >= 0.3 is 0 Å². The van der Waals surface area contributed by atoms with Crippen LogP contribution in [0.3, 0.4) is 0 Å².